The molecule has 0 unspecified atom stereocenters. The summed E-state index contributed by atoms with van der Waals surface area (Å²) in [5.74, 6) is 0.0816. The van der Waals surface area contributed by atoms with E-state index in [1.54, 1.807) is 0 Å². The number of H-pyrrole nitrogens is 1. The Kier molecular flexibility index (Phi) is 3.87. The number of rotatable bonds is 4. The van der Waals surface area contributed by atoms with E-state index < -0.39 is 0 Å². The molecule has 1 aliphatic heterocycles. The number of aromatic amines is 1. The Labute approximate surface area is 135 Å². The highest BCUT2D eigenvalue weighted by Gasteiger charge is 2.30. The number of hydrogen-bond acceptors (Lipinski definition) is 3. The summed E-state index contributed by atoms with van der Waals surface area (Å²) in [6, 6.07) is 10.5. The number of hydrogen-bond donors (Lipinski definition) is 3. The predicted octanol–water partition coefficient (Wildman–Crippen LogP) is 2.01. The highest BCUT2D eigenvalue weighted by molar-refractivity contribution is 5.82. The van der Waals surface area contributed by atoms with E-state index in [1.165, 1.54) is 23.2 Å². The van der Waals surface area contributed by atoms with Crippen LogP contribution in [0.25, 0.3) is 0 Å². The van der Waals surface area contributed by atoms with Crippen molar-refractivity contribution >= 4 is 5.91 Å². The molecule has 1 fully saturated rings. The highest BCUT2D eigenvalue weighted by atomic mass is 16.2. The van der Waals surface area contributed by atoms with E-state index in [4.69, 9.17) is 0 Å². The van der Waals surface area contributed by atoms with Gasteiger partial charge in [-0.2, -0.15) is 5.10 Å². The van der Waals surface area contributed by atoms with Gasteiger partial charge in [0.2, 0.25) is 5.91 Å². The fourth-order valence-corrected chi connectivity index (χ4v) is 3.73. The fourth-order valence-electron chi connectivity index (χ4n) is 3.73. The molecule has 23 heavy (non-hydrogen) atoms. The third-order valence-electron chi connectivity index (χ3n) is 4.99. The lowest BCUT2D eigenvalue weighted by atomic mass is 10.1. The minimum absolute atomic E-state index is 0.0816. The van der Waals surface area contributed by atoms with Crippen LogP contribution in [-0.4, -0.2) is 22.1 Å². The van der Waals surface area contributed by atoms with Gasteiger partial charge in [0.15, 0.2) is 0 Å². The second-order valence-electron chi connectivity index (χ2n) is 6.46. The molecule has 1 amide bonds. The molecule has 1 saturated heterocycles. The summed E-state index contributed by atoms with van der Waals surface area (Å²) in [6.45, 7) is 0.527. The molecule has 5 heteroatoms. The highest BCUT2D eigenvalue weighted by Crippen LogP contribution is 2.26. The van der Waals surface area contributed by atoms with Crippen molar-refractivity contribution in [3.05, 3.63) is 52.8 Å². The minimum Gasteiger partial charge on any atom is -0.349 e. The summed E-state index contributed by atoms with van der Waals surface area (Å²) in [7, 11) is 0. The van der Waals surface area contributed by atoms with Crippen LogP contribution in [0.5, 0.6) is 0 Å². The lowest BCUT2D eigenvalue weighted by molar-refractivity contribution is -0.123. The Morgan fingerprint density at radius 2 is 2.09 bits per heavy atom. The van der Waals surface area contributed by atoms with Crippen molar-refractivity contribution in [2.24, 2.45) is 0 Å². The zero-order valence-electron chi connectivity index (χ0n) is 13.1. The molecule has 120 valence electrons. The number of benzene rings is 1. The largest absolute Gasteiger partial charge is 0.349 e. The van der Waals surface area contributed by atoms with Crippen LogP contribution in [0.3, 0.4) is 0 Å². The topological polar surface area (TPSA) is 69.8 Å². The maximum Gasteiger partial charge on any atom is 0.237 e. The number of fused-ring (bicyclic) bond motifs is 1. The number of carbonyl (C=O) groups is 1. The summed E-state index contributed by atoms with van der Waals surface area (Å²) in [5.41, 5.74) is 4.82. The van der Waals surface area contributed by atoms with Crippen LogP contribution < -0.4 is 10.6 Å². The SMILES string of the molecule is O=C(NCc1n[nH]c2c1CCC2)[C@H]1CC[C@H](c2ccccc2)N1. The van der Waals surface area contributed by atoms with Gasteiger partial charge in [0.1, 0.15) is 0 Å². The maximum atomic E-state index is 12.4. The van der Waals surface area contributed by atoms with Crippen molar-refractivity contribution in [1.29, 1.82) is 0 Å². The molecule has 0 saturated carbocycles. The average molecular weight is 310 g/mol. The normalized spacial score (nSPS) is 23.0. The van der Waals surface area contributed by atoms with Crippen LogP contribution in [0.1, 0.15) is 47.8 Å². The van der Waals surface area contributed by atoms with Crippen molar-refractivity contribution in [3.63, 3.8) is 0 Å². The third-order valence-corrected chi connectivity index (χ3v) is 4.99. The number of nitrogens with zero attached hydrogens (tertiary/aromatic N) is 1. The summed E-state index contributed by atoms with van der Waals surface area (Å²) >= 11 is 0. The lowest BCUT2D eigenvalue weighted by Crippen LogP contribution is -2.40. The lowest BCUT2D eigenvalue weighted by Gasteiger charge is -2.14. The van der Waals surface area contributed by atoms with Gasteiger partial charge in [0.05, 0.1) is 18.3 Å². The summed E-state index contributed by atoms with van der Waals surface area (Å²) < 4.78 is 0. The first-order valence-corrected chi connectivity index (χ1v) is 8.45. The molecule has 2 heterocycles. The standard InChI is InChI=1S/C18H22N4O/c23-18(19-11-17-13-7-4-8-15(13)21-22-17)16-10-9-14(20-16)12-5-2-1-3-6-12/h1-3,5-6,14,16,20H,4,7-11H2,(H,19,23)(H,21,22)/t14-,16-/m1/s1. The number of aromatic nitrogens is 2. The molecule has 2 aliphatic rings. The molecule has 0 radical (unpaired) electrons. The molecule has 3 N–H and O–H groups in total. The molecule has 0 bridgehead atoms. The monoisotopic (exact) mass is 310 g/mol. The summed E-state index contributed by atoms with van der Waals surface area (Å²) in [5, 5.41) is 13.9. The van der Waals surface area contributed by atoms with Gasteiger partial charge >= 0.3 is 0 Å². The van der Waals surface area contributed by atoms with Gasteiger partial charge in [-0.15, -0.1) is 0 Å². The predicted molar refractivity (Wildman–Crippen MR) is 87.8 cm³/mol. The molecule has 4 rings (SSSR count). The number of aryl methyl sites for hydroxylation is 1. The van der Waals surface area contributed by atoms with Gasteiger partial charge in [-0.05, 0) is 43.2 Å². The van der Waals surface area contributed by atoms with E-state index in [-0.39, 0.29) is 18.0 Å². The van der Waals surface area contributed by atoms with E-state index in [2.05, 4.69) is 33.0 Å². The van der Waals surface area contributed by atoms with Crippen LogP contribution in [-0.2, 0) is 24.2 Å². The van der Waals surface area contributed by atoms with Crippen LogP contribution in [0.4, 0.5) is 0 Å². The smallest absolute Gasteiger partial charge is 0.237 e. The van der Waals surface area contributed by atoms with Gasteiger partial charge < -0.3 is 5.32 Å². The number of amides is 1. The second-order valence-corrected chi connectivity index (χ2v) is 6.46. The molecule has 1 aromatic heterocycles. The Morgan fingerprint density at radius 3 is 2.96 bits per heavy atom. The van der Waals surface area contributed by atoms with Crippen LogP contribution >= 0.6 is 0 Å². The zero-order chi connectivity index (χ0) is 15.6. The van der Waals surface area contributed by atoms with Crippen LogP contribution in [0, 0.1) is 0 Å². The van der Waals surface area contributed by atoms with Crippen molar-refractivity contribution < 1.29 is 4.79 Å². The van der Waals surface area contributed by atoms with Crippen molar-refractivity contribution in [1.82, 2.24) is 20.8 Å². The van der Waals surface area contributed by atoms with Gasteiger partial charge in [-0.3, -0.25) is 15.2 Å². The Morgan fingerprint density at radius 1 is 1.22 bits per heavy atom. The zero-order valence-corrected chi connectivity index (χ0v) is 13.1. The van der Waals surface area contributed by atoms with Crippen LogP contribution in [0.15, 0.2) is 30.3 Å². The Balaban J connectivity index is 1.33. The van der Waals surface area contributed by atoms with Gasteiger partial charge in [-0.25, -0.2) is 0 Å². The first kappa shape index (κ1) is 14.5. The Hall–Kier alpha value is -2.14. The van der Waals surface area contributed by atoms with E-state index in [1.807, 2.05) is 18.2 Å². The van der Waals surface area contributed by atoms with Crippen molar-refractivity contribution in [2.75, 3.05) is 0 Å². The first-order valence-electron chi connectivity index (χ1n) is 8.45. The molecule has 1 aromatic carbocycles. The second kappa shape index (κ2) is 6.16. The van der Waals surface area contributed by atoms with Crippen LogP contribution in [0.2, 0.25) is 0 Å². The average Bonchev–Trinajstić information content (AvgIpc) is 3.30. The summed E-state index contributed by atoms with van der Waals surface area (Å²) in [4.78, 5) is 12.4. The molecular weight excluding hydrogens is 288 g/mol. The van der Waals surface area contributed by atoms with E-state index >= 15 is 0 Å². The van der Waals surface area contributed by atoms with Gasteiger partial charge in [-0.1, -0.05) is 30.3 Å². The van der Waals surface area contributed by atoms with E-state index in [0.29, 0.717) is 6.54 Å². The molecule has 1 aliphatic carbocycles. The summed E-state index contributed by atoms with van der Waals surface area (Å²) in [6.07, 6.45) is 5.23. The molecule has 0 spiro atoms. The molecule has 5 nitrogen and oxygen atoms in total. The quantitative estimate of drug-likeness (QED) is 0.809. The minimum atomic E-state index is -0.104. The maximum absolute atomic E-state index is 12.4. The fraction of sp³-hybridized carbons (Fsp3) is 0.444. The third kappa shape index (κ3) is 2.88. The molecule has 2 aromatic rings. The molecule has 2 atom stereocenters. The van der Waals surface area contributed by atoms with Crippen molar-refractivity contribution in [3.8, 4) is 0 Å². The van der Waals surface area contributed by atoms with Crippen molar-refractivity contribution in [2.45, 2.75) is 50.7 Å². The van der Waals surface area contributed by atoms with Gasteiger partial charge in [0, 0.05) is 11.7 Å². The van der Waals surface area contributed by atoms with E-state index in [0.717, 1.165) is 31.4 Å². The molecular formula is C18H22N4O. The number of nitrogens with one attached hydrogen (secondary N) is 3. The first-order chi connectivity index (χ1) is 11.3. The van der Waals surface area contributed by atoms with E-state index in [9.17, 15) is 4.79 Å². The van der Waals surface area contributed by atoms with Gasteiger partial charge in [0.25, 0.3) is 0 Å². The number of carbonyl (C=O) groups excluding carboxylic acids is 1. The Bertz CT molecular complexity index is 694.